The van der Waals surface area contributed by atoms with Crippen molar-refractivity contribution in [2.24, 2.45) is 0 Å². The standard InChI is InChI=1S/C20H23NO5/c1-20(19(23)24,15-7-5-4-6-8-15)13-21-18(22)12-14-11-16(25-2)9-10-17(14)26-3/h4-11H,12-13H2,1-3H3,(H,21,22)(H,23,24). The van der Waals surface area contributed by atoms with Crippen LogP contribution in [0.25, 0.3) is 0 Å². The van der Waals surface area contributed by atoms with Crippen molar-refractivity contribution in [2.75, 3.05) is 20.8 Å². The van der Waals surface area contributed by atoms with Gasteiger partial charge in [0.05, 0.1) is 20.6 Å². The second-order valence-corrected chi connectivity index (χ2v) is 6.13. The Morgan fingerprint density at radius 2 is 1.77 bits per heavy atom. The number of methoxy groups -OCH3 is 2. The summed E-state index contributed by atoms with van der Waals surface area (Å²) in [4.78, 5) is 24.2. The predicted molar refractivity (Wildman–Crippen MR) is 97.7 cm³/mol. The summed E-state index contributed by atoms with van der Waals surface area (Å²) in [7, 11) is 3.07. The molecule has 138 valence electrons. The number of ether oxygens (including phenoxy) is 2. The molecule has 1 unspecified atom stereocenters. The van der Waals surface area contributed by atoms with E-state index in [0.717, 1.165) is 0 Å². The fraction of sp³-hybridized carbons (Fsp3) is 0.300. The van der Waals surface area contributed by atoms with Gasteiger partial charge in [-0.25, -0.2) is 0 Å². The van der Waals surface area contributed by atoms with E-state index in [1.165, 1.54) is 7.11 Å². The van der Waals surface area contributed by atoms with E-state index in [-0.39, 0.29) is 18.9 Å². The van der Waals surface area contributed by atoms with Gasteiger partial charge in [0, 0.05) is 12.1 Å². The van der Waals surface area contributed by atoms with E-state index in [0.29, 0.717) is 22.6 Å². The normalized spacial score (nSPS) is 12.7. The van der Waals surface area contributed by atoms with Crippen LogP contribution in [-0.4, -0.2) is 37.7 Å². The van der Waals surface area contributed by atoms with Crippen LogP contribution in [0, 0.1) is 0 Å². The minimum absolute atomic E-state index is 0.0164. The van der Waals surface area contributed by atoms with Gasteiger partial charge >= 0.3 is 5.97 Å². The number of carboxylic acid groups (broad SMARTS) is 1. The molecule has 0 saturated heterocycles. The zero-order valence-corrected chi connectivity index (χ0v) is 15.1. The van der Waals surface area contributed by atoms with Crippen molar-refractivity contribution in [2.45, 2.75) is 18.8 Å². The molecule has 0 heterocycles. The molecule has 2 rings (SSSR count). The zero-order chi connectivity index (χ0) is 19.2. The summed E-state index contributed by atoms with van der Waals surface area (Å²) in [5.74, 6) is -0.0961. The maximum Gasteiger partial charge on any atom is 0.315 e. The molecule has 0 aliphatic rings. The van der Waals surface area contributed by atoms with Crippen LogP contribution < -0.4 is 14.8 Å². The summed E-state index contributed by atoms with van der Waals surface area (Å²) < 4.78 is 10.4. The van der Waals surface area contributed by atoms with Crippen molar-refractivity contribution < 1.29 is 24.2 Å². The second kappa shape index (κ2) is 8.38. The van der Waals surface area contributed by atoms with E-state index < -0.39 is 11.4 Å². The highest BCUT2D eigenvalue weighted by molar-refractivity contribution is 5.84. The van der Waals surface area contributed by atoms with Gasteiger partial charge in [0.25, 0.3) is 0 Å². The fourth-order valence-electron chi connectivity index (χ4n) is 2.64. The average molecular weight is 357 g/mol. The van der Waals surface area contributed by atoms with Crippen LogP contribution >= 0.6 is 0 Å². The Labute approximate surface area is 152 Å². The summed E-state index contributed by atoms with van der Waals surface area (Å²) in [6.45, 7) is 1.58. The van der Waals surface area contributed by atoms with Gasteiger partial charge in [-0.2, -0.15) is 0 Å². The van der Waals surface area contributed by atoms with Crippen molar-refractivity contribution in [1.82, 2.24) is 5.32 Å². The minimum atomic E-state index is -1.21. The van der Waals surface area contributed by atoms with Gasteiger partial charge in [-0.1, -0.05) is 30.3 Å². The highest BCUT2D eigenvalue weighted by Gasteiger charge is 2.35. The number of amides is 1. The molecule has 0 aliphatic carbocycles. The summed E-state index contributed by atoms with van der Waals surface area (Å²) in [6, 6.07) is 14.1. The van der Waals surface area contributed by atoms with E-state index in [4.69, 9.17) is 9.47 Å². The van der Waals surface area contributed by atoms with Crippen LogP contribution in [-0.2, 0) is 21.4 Å². The number of carbonyl (C=O) groups is 2. The van der Waals surface area contributed by atoms with Crippen LogP contribution in [0.4, 0.5) is 0 Å². The van der Waals surface area contributed by atoms with E-state index in [2.05, 4.69) is 5.32 Å². The lowest BCUT2D eigenvalue weighted by Crippen LogP contribution is -2.44. The summed E-state index contributed by atoms with van der Waals surface area (Å²) >= 11 is 0. The first-order valence-corrected chi connectivity index (χ1v) is 8.17. The van der Waals surface area contributed by atoms with Gasteiger partial charge in [0.2, 0.25) is 5.91 Å². The molecule has 2 aromatic rings. The maximum absolute atomic E-state index is 12.4. The highest BCUT2D eigenvalue weighted by atomic mass is 16.5. The Balaban J connectivity index is 2.11. The third kappa shape index (κ3) is 4.33. The third-order valence-corrected chi connectivity index (χ3v) is 4.36. The second-order valence-electron chi connectivity index (χ2n) is 6.13. The van der Waals surface area contributed by atoms with Gasteiger partial charge < -0.3 is 19.9 Å². The van der Waals surface area contributed by atoms with Crippen molar-refractivity contribution >= 4 is 11.9 Å². The summed E-state index contributed by atoms with van der Waals surface area (Å²) in [5.41, 5.74) is 0.0860. The number of nitrogens with one attached hydrogen (secondary N) is 1. The lowest BCUT2D eigenvalue weighted by molar-refractivity contribution is -0.143. The van der Waals surface area contributed by atoms with Crippen molar-refractivity contribution in [3.63, 3.8) is 0 Å². The number of hydrogen-bond donors (Lipinski definition) is 2. The quantitative estimate of drug-likeness (QED) is 0.758. The molecule has 2 N–H and O–H groups in total. The van der Waals surface area contributed by atoms with Crippen LogP contribution in [0.5, 0.6) is 11.5 Å². The van der Waals surface area contributed by atoms with Gasteiger partial charge in [-0.15, -0.1) is 0 Å². The van der Waals surface area contributed by atoms with E-state index in [9.17, 15) is 14.7 Å². The van der Waals surface area contributed by atoms with Crippen LogP contribution in [0.15, 0.2) is 48.5 Å². The molecule has 0 spiro atoms. The number of aliphatic carboxylic acids is 1. The van der Waals surface area contributed by atoms with Crippen molar-refractivity contribution in [3.8, 4) is 11.5 Å². The molecule has 0 bridgehead atoms. The zero-order valence-electron chi connectivity index (χ0n) is 15.1. The Morgan fingerprint density at radius 1 is 1.08 bits per heavy atom. The summed E-state index contributed by atoms with van der Waals surface area (Å²) in [6.07, 6.45) is 0.0604. The molecule has 1 atom stereocenters. The molecule has 26 heavy (non-hydrogen) atoms. The fourth-order valence-corrected chi connectivity index (χ4v) is 2.64. The molecular weight excluding hydrogens is 334 g/mol. The molecule has 0 saturated carbocycles. The molecule has 0 aromatic heterocycles. The smallest absolute Gasteiger partial charge is 0.315 e. The number of carbonyl (C=O) groups excluding carboxylic acids is 1. The Bertz CT molecular complexity index is 775. The van der Waals surface area contributed by atoms with Gasteiger partial charge in [0.15, 0.2) is 0 Å². The lowest BCUT2D eigenvalue weighted by atomic mass is 9.82. The van der Waals surface area contributed by atoms with Gasteiger partial charge in [-0.05, 0) is 30.7 Å². The SMILES string of the molecule is COc1ccc(OC)c(CC(=O)NCC(C)(C(=O)O)c2ccccc2)c1. The Morgan fingerprint density at radius 3 is 2.35 bits per heavy atom. The lowest BCUT2D eigenvalue weighted by Gasteiger charge is -2.25. The Hall–Kier alpha value is -3.02. The largest absolute Gasteiger partial charge is 0.497 e. The van der Waals surface area contributed by atoms with Crippen LogP contribution in [0.2, 0.25) is 0 Å². The van der Waals surface area contributed by atoms with Gasteiger partial charge in [0.1, 0.15) is 16.9 Å². The third-order valence-electron chi connectivity index (χ3n) is 4.36. The van der Waals surface area contributed by atoms with Gasteiger partial charge in [-0.3, -0.25) is 9.59 Å². The van der Waals surface area contributed by atoms with E-state index in [1.54, 1.807) is 56.5 Å². The summed E-state index contributed by atoms with van der Waals surface area (Å²) in [5, 5.41) is 12.4. The molecule has 6 nitrogen and oxygen atoms in total. The first kappa shape index (κ1) is 19.3. The predicted octanol–water partition coefficient (Wildman–Crippen LogP) is 2.41. The number of benzene rings is 2. The van der Waals surface area contributed by atoms with Crippen LogP contribution in [0.1, 0.15) is 18.1 Å². The van der Waals surface area contributed by atoms with Crippen LogP contribution in [0.3, 0.4) is 0 Å². The molecule has 0 radical (unpaired) electrons. The number of rotatable bonds is 8. The number of carboxylic acids is 1. The molecule has 6 heteroatoms. The highest BCUT2D eigenvalue weighted by Crippen LogP contribution is 2.25. The van der Waals surface area contributed by atoms with E-state index >= 15 is 0 Å². The topological polar surface area (TPSA) is 84.9 Å². The number of hydrogen-bond acceptors (Lipinski definition) is 4. The molecule has 0 fully saturated rings. The first-order valence-electron chi connectivity index (χ1n) is 8.17. The molecule has 2 aromatic carbocycles. The Kier molecular flexibility index (Phi) is 6.22. The average Bonchev–Trinajstić information content (AvgIpc) is 2.66. The first-order chi connectivity index (χ1) is 12.4. The minimum Gasteiger partial charge on any atom is -0.497 e. The van der Waals surface area contributed by atoms with E-state index in [1.807, 2.05) is 6.07 Å². The van der Waals surface area contributed by atoms with Crippen molar-refractivity contribution in [3.05, 3.63) is 59.7 Å². The molecule has 0 aliphatic heterocycles. The molecular formula is C20H23NO5. The van der Waals surface area contributed by atoms with Crippen molar-refractivity contribution in [1.29, 1.82) is 0 Å². The maximum atomic E-state index is 12.4. The molecule has 1 amide bonds. The monoisotopic (exact) mass is 357 g/mol.